The minimum absolute atomic E-state index is 0.124. The van der Waals surface area contributed by atoms with E-state index in [9.17, 15) is 9.59 Å². The highest BCUT2D eigenvalue weighted by Gasteiger charge is 2.17. The van der Waals surface area contributed by atoms with Crippen LogP contribution in [0.3, 0.4) is 0 Å². The zero-order chi connectivity index (χ0) is 13.4. The Labute approximate surface area is 109 Å². The molecule has 0 fully saturated rings. The summed E-state index contributed by atoms with van der Waals surface area (Å²) in [6.45, 7) is 0.730. The molecule has 0 spiro atoms. The summed E-state index contributed by atoms with van der Waals surface area (Å²) >= 11 is 0. The number of amides is 1. The number of carbonyl (C=O) groups is 1. The van der Waals surface area contributed by atoms with Crippen LogP contribution in [0.4, 0.5) is 0 Å². The van der Waals surface area contributed by atoms with Gasteiger partial charge in [-0.15, -0.1) is 5.10 Å². The fourth-order valence-corrected chi connectivity index (χ4v) is 2.33. The van der Waals surface area contributed by atoms with Crippen molar-refractivity contribution in [2.45, 2.75) is 25.8 Å². The van der Waals surface area contributed by atoms with Gasteiger partial charge in [-0.25, -0.2) is 4.79 Å². The first-order chi connectivity index (χ1) is 9.16. The van der Waals surface area contributed by atoms with Crippen molar-refractivity contribution in [1.82, 2.24) is 14.3 Å². The number of fused-ring (bicyclic) bond motifs is 1. The summed E-state index contributed by atoms with van der Waals surface area (Å²) in [6.07, 6.45) is 2.91. The number of nitrogens with two attached hydrogens (primary N) is 1. The van der Waals surface area contributed by atoms with E-state index in [2.05, 4.69) is 5.10 Å². The lowest BCUT2D eigenvalue weighted by molar-refractivity contribution is 0.100. The minimum atomic E-state index is -0.483. The Morgan fingerprint density at radius 3 is 2.58 bits per heavy atom. The largest absolute Gasteiger partial charge is 0.366 e. The summed E-state index contributed by atoms with van der Waals surface area (Å²) in [5, 5.41) is 4.35. The molecule has 2 heterocycles. The van der Waals surface area contributed by atoms with Gasteiger partial charge in [0.1, 0.15) is 5.82 Å². The number of hydrogen-bond donors (Lipinski definition) is 1. The predicted molar refractivity (Wildman–Crippen MR) is 69.3 cm³/mol. The van der Waals surface area contributed by atoms with Gasteiger partial charge in [-0.2, -0.15) is 4.68 Å². The Morgan fingerprint density at radius 2 is 1.95 bits per heavy atom. The second-order valence-corrected chi connectivity index (χ2v) is 4.63. The molecule has 0 saturated carbocycles. The van der Waals surface area contributed by atoms with Crippen molar-refractivity contribution in [2.75, 3.05) is 0 Å². The first-order valence-electron chi connectivity index (χ1n) is 6.26. The Balaban J connectivity index is 2.05. The smallest absolute Gasteiger partial charge is 0.350 e. The molecule has 1 amide bonds. The van der Waals surface area contributed by atoms with E-state index in [-0.39, 0.29) is 5.69 Å². The summed E-state index contributed by atoms with van der Waals surface area (Å²) in [6, 6.07) is 6.56. The van der Waals surface area contributed by atoms with Crippen molar-refractivity contribution >= 4 is 5.91 Å². The van der Waals surface area contributed by atoms with Crippen molar-refractivity contribution in [3.8, 4) is 5.69 Å². The van der Waals surface area contributed by atoms with Crippen molar-refractivity contribution in [3.05, 3.63) is 46.1 Å². The molecule has 19 heavy (non-hydrogen) atoms. The van der Waals surface area contributed by atoms with E-state index in [1.165, 1.54) is 4.68 Å². The standard InChI is InChI=1S/C13H14N4O2/c14-12(18)9-4-6-10(7-5-9)17-13(19)16-8-2-1-3-11(16)15-17/h4-7H,1-3,8H2,(H2,14,18). The van der Waals surface area contributed by atoms with Gasteiger partial charge in [0.15, 0.2) is 0 Å². The molecular formula is C13H14N4O2. The molecule has 3 rings (SSSR count). The van der Waals surface area contributed by atoms with Gasteiger partial charge in [0, 0.05) is 18.5 Å². The maximum atomic E-state index is 12.2. The lowest BCUT2D eigenvalue weighted by atomic mass is 10.2. The van der Waals surface area contributed by atoms with Crippen molar-refractivity contribution in [1.29, 1.82) is 0 Å². The first-order valence-corrected chi connectivity index (χ1v) is 6.26. The summed E-state index contributed by atoms with van der Waals surface area (Å²) in [7, 11) is 0. The first kappa shape index (κ1) is 11.7. The molecule has 0 bridgehead atoms. The fourth-order valence-electron chi connectivity index (χ4n) is 2.33. The maximum Gasteiger partial charge on any atom is 0.350 e. The van der Waals surface area contributed by atoms with Crippen molar-refractivity contribution < 1.29 is 4.79 Å². The van der Waals surface area contributed by atoms with E-state index in [0.717, 1.165) is 31.6 Å². The average molecular weight is 258 g/mol. The van der Waals surface area contributed by atoms with E-state index >= 15 is 0 Å². The van der Waals surface area contributed by atoms with Gasteiger partial charge in [-0.1, -0.05) is 0 Å². The van der Waals surface area contributed by atoms with E-state index < -0.39 is 5.91 Å². The van der Waals surface area contributed by atoms with Crippen LogP contribution in [-0.2, 0) is 13.0 Å². The third kappa shape index (κ3) is 1.95. The fraction of sp³-hybridized carbons (Fsp3) is 0.308. The summed E-state index contributed by atoms with van der Waals surface area (Å²) in [4.78, 5) is 23.2. The van der Waals surface area contributed by atoms with Gasteiger partial charge in [0.05, 0.1) is 5.69 Å². The van der Waals surface area contributed by atoms with E-state index in [4.69, 9.17) is 5.73 Å². The normalized spacial score (nSPS) is 14.1. The molecular weight excluding hydrogens is 244 g/mol. The Hall–Kier alpha value is -2.37. The number of carbonyl (C=O) groups excluding carboxylic acids is 1. The highest BCUT2D eigenvalue weighted by molar-refractivity contribution is 5.92. The molecule has 6 nitrogen and oxygen atoms in total. The molecule has 1 aliphatic rings. The van der Waals surface area contributed by atoms with Crippen LogP contribution in [0.15, 0.2) is 29.1 Å². The zero-order valence-electron chi connectivity index (χ0n) is 10.4. The molecule has 98 valence electrons. The minimum Gasteiger partial charge on any atom is -0.366 e. The van der Waals surface area contributed by atoms with Crippen LogP contribution in [0, 0.1) is 0 Å². The summed E-state index contributed by atoms with van der Waals surface area (Å²) in [5.41, 5.74) is 6.13. The second kappa shape index (κ2) is 4.38. The molecule has 0 unspecified atom stereocenters. The Morgan fingerprint density at radius 1 is 1.21 bits per heavy atom. The maximum absolute atomic E-state index is 12.2. The topological polar surface area (TPSA) is 82.9 Å². The van der Waals surface area contributed by atoms with E-state index in [1.807, 2.05) is 0 Å². The zero-order valence-corrected chi connectivity index (χ0v) is 10.4. The third-order valence-electron chi connectivity index (χ3n) is 3.37. The van der Waals surface area contributed by atoms with E-state index in [1.54, 1.807) is 28.8 Å². The number of rotatable bonds is 2. The van der Waals surface area contributed by atoms with Crippen LogP contribution < -0.4 is 11.4 Å². The van der Waals surface area contributed by atoms with Crippen LogP contribution in [0.25, 0.3) is 5.69 Å². The molecule has 6 heteroatoms. The molecule has 0 atom stereocenters. The monoisotopic (exact) mass is 258 g/mol. The number of aryl methyl sites for hydroxylation is 1. The van der Waals surface area contributed by atoms with Gasteiger partial charge >= 0.3 is 5.69 Å². The van der Waals surface area contributed by atoms with Crippen LogP contribution in [-0.4, -0.2) is 20.3 Å². The highest BCUT2D eigenvalue weighted by Crippen LogP contribution is 2.12. The molecule has 1 aliphatic heterocycles. The average Bonchev–Trinajstić information content (AvgIpc) is 2.77. The number of benzene rings is 1. The highest BCUT2D eigenvalue weighted by atomic mass is 16.2. The molecule has 2 aromatic rings. The number of primary amides is 1. The lowest BCUT2D eigenvalue weighted by Gasteiger charge is -2.09. The third-order valence-corrected chi connectivity index (χ3v) is 3.37. The molecule has 2 N–H and O–H groups in total. The van der Waals surface area contributed by atoms with Gasteiger partial charge in [-0.05, 0) is 37.1 Å². The van der Waals surface area contributed by atoms with Crippen LogP contribution in [0.1, 0.15) is 29.0 Å². The molecule has 0 aliphatic carbocycles. The summed E-state index contributed by atoms with van der Waals surface area (Å²) in [5.74, 6) is 0.346. The van der Waals surface area contributed by atoms with Crippen molar-refractivity contribution in [3.63, 3.8) is 0 Å². The van der Waals surface area contributed by atoms with Gasteiger partial charge in [0.25, 0.3) is 0 Å². The lowest BCUT2D eigenvalue weighted by Crippen LogP contribution is -2.26. The molecule has 1 aromatic carbocycles. The quantitative estimate of drug-likeness (QED) is 0.849. The Kier molecular flexibility index (Phi) is 2.70. The molecule has 0 saturated heterocycles. The Bertz CT molecular complexity index is 682. The van der Waals surface area contributed by atoms with Crippen LogP contribution >= 0.6 is 0 Å². The predicted octanol–water partition coefficient (Wildman–Crippen LogP) is 0.469. The second-order valence-electron chi connectivity index (χ2n) is 4.63. The van der Waals surface area contributed by atoms with Gasteiger partial charge < -0.3 is 5.73 Å². The summed E-state index contributed by atoms with van der Waals surface area (Å²) < 4.78 is 3.09. The number of aromatic nitrogens is 3. The SMILES string of the molecule is NC(=O)c1ccc(-n2nc3n(c2=O)CCCC3)cc1. The van der Waals surface area contributed by atoms with Crippen LogP contribution in [0.5, 0.6) is 0 Å². The number of hydrogen-bond acceptors (Lipinski definition) is 3. The van der Waals surface area contributed by atoms with E-state index in [0.29, 0.717) is 11.3 Å². The van der Waals surface area contributed by atoms with Gasteiger partial charge in [-0.3, -0.25) is 9.36 Å². The molecule has 0 radical (unpaired) electrons. The number of nitrogens with zero attached hydrogens (tertiary/aromatic N) is 3. The van der Waals surface area contributed by atoms with Gasteiger partial charge in [0.2, 0.25) is 5.91 Å². The van der Waals surface area contributed by atoms with Crippen LogP contribution in [0.2, 0.25) is 0 Å². The van der Waals surface area contributed by atoms with Crippen molar-refractivity contribution in [2.24, 2.45) is 5.73 Å². The molecule has 1 aromatic heterocycles.